The fraction of sp³-hybridized carbons (Fsp3) is 0.222. The second-order valence-corrected chi connectivity index (χ2v) is 4.92. The van der Waals surface area contributed by atoms with Crippen LogP contribution in [-0.2, 0) is 16.1 Å². The minimum Gasteiger partial charge on any atom is -0.465 e. The summed E-state index contributed by atoms with van der Waals surface area (Å²) in [7, 11) is 1.33. The Balaban J connectivity index is 1.96. The lowest BCUT2D eigenvalue weighted by atomic mass is 10.0. The zero-order valence-electron chi connectivity index (χ0n) is 12.7. The average Bonchev–Trinajstić information content (AvgIpc) is 2.54. The third kappa shape index (κ3) is 4.02. The van der Waals surface area contributed by atoms with Crippen molar-refractivity contribution in [1.29, 1.82) is 0 Å². The van der Waals surface area contributed by atoms with Crippen molar-refractivity contribution < 1.29 is 19.1 Å². The lowest BCUT2D eigenvalue weighted by Crippen LogP contribution is -2.11. The first kappa shape index (κ1) is 15.9. The molecule has 0 aliphatic rings. The topological polar surface area (TPSA) is 52.6 Å². The number of hydrogen-bond donors (Lipinski definition) is 0. The van der Waals surface area contributed by atoms with E-state index in [1.807, 2.05) is 30.3 Å². The van der Waals surface area contributed by atoms with Crippen LogP contribution in [0.5, 0.6) is 0 Å². The van der Waals surface area contributed by atoms with E-state index in [1.165, 1.54) is 7.11 Å². The predicted molar refractivity (Wildman–Crippen MR) is 82.9 cm³/mol. The summed E-state index contributed by atoms with van der Waals surface area (Å²) in [5, 5.41) is 0. The van der Waals surface area contributed by atoms with Gasteiger partial charge in [0, 0.05) is 5.56 Å². The van der Waals surface area contributed by atoms with Crippen LogP contribution in [0.3, 0.4) is 0 Å². The molecular formula is C18H18O4. The molecule has 0 radical (unpaired) electrons. The van der Waals surface area contributed by atoms with Gasteiger partial charge in [-0.15, -0.1) is 0 Å². The van der Waals surface area contributed by atoms with Crippen molar-refractivity contribution in [3.63, 3.8) is 0 Å². The fourth-order valence-electron chi connectivity index (χ4n) is 2.13. The van der Waals surface area contributed by atoms with E-state index in [-0.39, 0.29) is 12.4 Å². The Morgan fingerprint density at radius 3 is 2.41 bits per heavy atom. The zero-order valence-corrected chi connectivity index (χ0v) is 12.7. The van der Waals surface area contributed by atoms with Crippen molar-refractivity contribution in [2.24, 2.45) is 0 Å². The van der Waals surface area contributed by atoms with E-state index in [4.69, 9.17) is 4.74 Å². The number of carbonyl (C=O) groups is 2. The van der Waals surface area contributed by atoms with Gasteiger partial charge in [0.15, 0.2) is 5.78 Å². The van der Waals surface area contributed by atoms with Gasteiger partial charge in [-0.3, -0.25) is 4.79 Å². The summed E-state index contributed by atoms with van der Waals surface area (Å²) in [6.07, 6.45) is 0. The zero-order chi connectivity index (χ0) is 15.9. The highest BCUT2D eigenvalue weighted by atomic mass is 16.5. The molecule has 0 aliphatic carbocycles. The Labute approximate surface area is 129 Å². The number of esters is 1. The van der Waals surface area contributed by atoms with Gasteiger partial charge < -0.3 is 9.47 Å². The van der Waals surface area contributed by atoms with E-state index >= 15 is 0 Å². The van der Waals surface area contributed by atoms with E-state index < -0.39 is 5.97 Å². The third-order valence-corrected chi connectivity index (χ3v) is 3.29. The molecule has 0 amide bonds. The van der Waals surface area contributed by atoms with Crippen LogP contribution in [0.15, 0.2) is 48.5 Å². The average molecular weight is 298 g/mol. The lowest BCUT2D eigenvalue weighted by molar-refractivity contribution is 0.0599. The highest BCUT2D eigenvalue weighted by molar-refractivity contribution is 5.99. The molecule has 0 saturated heterocycles. The van der Waals surface area contributed by atoms with Crippen molar-refractivity contribution in [2.75, 3.05) is 13.7 Å². The third-order valence-electron chi connectivity index (χ3n) is 3.29. The van der Waals surface area contributed by atoms with Crippen LogP contribution in [0.4, 0.5) is 0 Å². The van der Waals surface area contributed by atoms with E-state index in [0.29, 0.717) is 17.7 Å². The SMILES string of the molecule is COC(=O)c1ccc(C(=O)COCc2ccccc2)c(C)c1. The number of ether oxygens (including phenoxy) is 2. The van der Waals surface area contributed by atoms with E-state index in [9.17, 15) is 9.59 Å². The molecule has 0 atom stereocenters. The standard InChI is InChI=1S/C18H18O4/c1-13-10-15(18(20)21-2)8-9-16(13)17(19)12-22-11-14-6-4-3-5-7-14/h3-10H,11-12H2,1-2H3. The molecule has 22 heavy (non-hydrogen) atoms. The van der Waals surface area contributed by atoms with Crippen LogP contribution in [0.2, 0.25) is 0 Å². The molecule has 4 heteroatoms. The molecular weight excluding hydrogens is 280 g/mol. The summed E-state index contributed by atoms with van der Waals surface area (Å²) < 4.78 is 10.1. The summed E-state index contributed by atoms with van der Waals surface area (Å²) in [4.78, 5) is 23.6. The quantitative estimate of drug-likeness (QED) is 0.607. The molecule has 0 aromatic heterocycles. The molecule has 0 bridgehead atoms. The summed E-state index contributed by atoms with van der Waals surface area (Å²) in [5.74, 6) is -0.521. The molecule has 2 rings (SSSR count). The van der Waals surface area contributed by atoms with E-state index in [2.05, 4.69) is 4.74 Å². The van der Waals surface area contributed by atoms with Crippen LogP contribution in [0.1, 0.15) is 31.8 Å². The van der Waals surface area contributed by atoms with Gasteiger partial charge in [0.05, 0.1) is 19.3 Å². The summed E-state index contributed by atoms with van der Waals surface area (Å²) in [6.45, 7) is 2.19. The van der Waals surface area contributed by atoms with E-state index in [0.717, 1.165) is 11.1 Å². The Bertz CT molecular complexity index is 662. The van der Waals surface area contributed by atoms with Crippen molar-refractivity contribution in [3.05, 3.63) is 70.8 Å². The minimum absolute atomic E-state index is 0.00725. The van der Waals surface area contributed by atoms with Crippen molar-refractivity contribution in [1.82, 2.24) is 0 Å². The monoisotopic (exact) mass is 298 g/mol. The van der Waals surface area contributed by atoms with Crippen LogP contribution in [0, 0.1) is 6.92 Å². The number of carbonyl (C=O) groups excluding carboxylic acids is 2. The van der Waals surface area contributed by atoms with Crippen molar-refractivity contribution in [2.45, 2.75) is 13.5 Å². The van der Waals surface area contributed by atoms with Crippen molar-refractivity contribution >= 4 is 11.8 Å². The maximum absolute atomic E-state index is 12.2. The highest BCUT2D eigenvalue weighted by Gasteiger charge is 2.12. The van der Waals surface area contributed by atoms with Gasteiger partial charge in [-0.05, 0) is 30.2 Å². The number of hydrogen-bond acceptors (Lipinski definition) is 4. The Morgan fingerprint density at radius 1 is 1.05 bits per heavy atom. The molecule has 114 valence electrons. The minimum atomic E-state index is -0.414. The first-order valence-electron chi connectivity index (χ1n) is 6.95. The van der Waals surface area contributed by atoms with Gasteiger partial charge in [-0.2, -0.15) is 0 Å². The highest BCUT2D eigenvalue weighted by Crippen LogP contribution is 2.13. The maximum atomic E-state index is 12.2. The summed E-state index contributed by atoms with van der Waals surface area (Å²) in [5.41, 5.74) is 2.74. The number of benzene rings is 2. The number of rotatable bonds is 6. The fourth-order valence-corrected chi connectivity index (χ4v) is 2.13. The molecule has 0 saturated carbocycles. The Morgan fingerprint density at radius 2 is 1.77 bits per heavy atom. The molecule has 2 aromatic rings. The molecule has 0 aliphatic heterocycles. The second kappa shape index (κ2) is 7.52. The normalized spacial score (nSPS) is 10.3. The number of methoxy groups -OCH3 is 1. The second-order valence-electron chi connectivity index (χ2n) is 4.92. The predicted octanol–water partition coefficient (Wildman–Crippen LogP) is 3.18. The molecule has 0 fully saturated rings. The first-order valence-corrected chi connectivity index (χ1v) is 6.95. The van der Waals surface area contributed by atoms with Gasteiger partial charge >= 0.3 is 5.97 Å². The largest absolute Gasteiger partial charge is 0.465 e. The summed E-state index contributed by atoms with van der Waals surface area (Å²) >= 11 is 0. The number of aryl methyl sites for hydroxylation is 1. The lowest BCUT2D eigenvalue weighted by Gasteiger charge is -2.08. The molecule has 0 heterocycles. The molecule has 0 unspecified atom stereocenters. The Kier molecular flexibility index (Phi) is 5.44. The van der Waals surface area contributed by atoms with Gasteiger partial charge in [-0.25, -0.2) is 4.79 Å². The Hall–Kier alpha value is -2.46. The molecule has 4 nitrogen and oxygen atoms in total. The van der Waals surface area contributed by atoms with Gasteiger partial charge in [0.2, 0.25) is 0 Å². The van der Waals surface area contributed by atoms with E-state index in [1.54, 1.807) is 25.1 Å². The number of ketones is 1. The molecule has 0 spiro atoms. The van der Waals surface area contributed by atoms with Crippen LogP contribution < -0.4 is 0 Å². The molecule has 2 aromatic carbocycles. The molecule has 0 N–H and O–H groups in total. The first-order chi connectivity index (χ1) is 10.6. The summed E-state index contributed by atoms with van der Waals surface area (Å²) in [6, 6.07) is 14.5. The smallest absolute Gasteiger partial charge is 0.337 e. The van der Waals surface area contributed by atoms with Gasteiger partial charge in [0.25, 0.3) is 0 Å². The van der Waals surface area contributed by atoms with Crippen LogP contribution in [-0.4, -0.2) is 25.5 Å². The van der Waals surface area contributed by atoms with Crippen LogP contribution >= 0.6 is 0 Å². The van der Waals surface area contributed by atoms with Gasteiger partial charge in [-0.1, -0.05) is 36.4 Å². The van der Waals surface area contributed by atoms with Crippen LogP contribution in [0.25, 0.3) is 0 Å². The maximum Gasteiger partial charge on any atom is 0.337 e. The van der Waals surface area contributed by atoms with Crippen molar-refractivity contribution in [3.8, 4) is 0 Å². The van der Waals surface area contributed by atoms with Gasteiger partial charge in [0.1, 0.15) is 6.61 Å². The number of Topliss-reactive ketones (excluding diaryl/α,β-unsaturated/α-hetero) is 1.